The van der Waals surface area contributed by atoms with E-state index in [1.54, 1.807) is 14.7 Å². The first-order chi connectivity index (χ1) is 34.9. The van der Waals surface area contributed by atoms with Crippen LogP contribution >= 0.6 is 0 Å². The van der Waals surface area contributed by atoms with Crippen molar-refractivity contribution in [2.24, 2.45) is 11.8 Å². The van der Waals surface area contributed by atoms with Gasteiger partial charge in [-0.3, -0.25) is 53.2 Å². The molecule has 0 unspecified atom stereocenters. The van der Waals surface area contributed by atoms with Crippen LogP contribution in [0.4, 0.5) is 4.79 Å². The first kappa shape index (κ1) is 58.8. The maximum absolute atomic E-state index is 13.8. The first-order valence-corrected chi connectivity index (χ1v) is 24.7. The van der Waals surface area contributed by atoms with Crippen molar-refractivity contribution in [1.29, 1.82) is 0 Å². The summed E-state index contributed by atoms with van der Waals surface area (Å²) in [5, 5.41) is 62.0. The Balaban J connectivity index is 1.29. The van der Waals surface area contributed by atoms with Gasteiger partial charge in [0, 0.05) is 84.2 Å². The first-order valence-electron chi connectivity index (χ1n) is 24.7. The minimum atomic E-state index is -1.47. The second kappa shape index (κ2) is 31.0. The number of hydrogen-bond acceptors (Lipinski definition) is 14. The molecule has 2 aromatic carbocycles. The topological polar surface area (TPSA) is 345 Å². The number of amides is 5. The molecule has 0 aromatic heterocycles. The fraction of sp³-hybridized carbons (Fsp3) is 0.592. The van der Waals surface area contributed by atoms with Crippen LogP contribution in [0.25, 0.3) is 10.8 Å². The molecule has 1 aliphatic heterocycles. The maximum atomic E-state index is 13.8. The van der Waals surface area contributed by atoms with Crippen molar-refractivity contribution in [3.8, 4) is 0 Å². The van der Waals surface area contributed by atoms with Gasteiger partial charge in [0.25, 0.3) is 0 Å². The smallest absolute Gasteiger partial charge is 0.326 e. The Morgan fingerprint density at radius 2 is 1.14 bits per heavy atom. The molecule has 0 radical (unpaired) electrons. The van der Waals surface area contributed by atoms with Crippen LogP contribution in [0.3, 0.4) is 0 Å². The average Bonchev–Trinajstić information content (AvgIpc) is 3.34. The van der Waals surface area contributed by atoms with Gasteiger partial charge >= 0.3 is 35.9 Å². The molecule has 1 aliphatic carbocycles. The number of unbranched alkanes of at least 4 members (excludes halogenated alkanes) is 1. The van der Waals surface area contributed by atoms with Gasteiger partial charge in [0.2, 0.25) is 17.7 Å². The van der Waals surface area contributed by atoms with E-state index < -0.39 is 66.3 Å². The number of nitrogens with one attached hydrogen (secondary N) is 5. The molecule has 2 aromatic rings. The molecule has 402 valence electrons. The number of benzene rings is 2. The Morgan fingerprint density at radius 1 is 0.589 bits per heavy atom. The number of carbonyl (C=O) groups is 10. The summed E-state index contributed by atoms with van der Waals surface area (Å²) >= 11 is 0. The zero-order valence-corrected chi connectivity index (χ0v) is 41.1. The van der Waals surface area contributed by atoms with E-state index in [0.717, 1.165) is 16.3 Å². The van der Waals surface area contributed by atoms with Gasteiger partial charge in [-0.15, -0.1) is 0 Å². The fourth-order valence-corrected chi connectivity index (χ4v) is 8.92. The minimum absolute atomic E-state index is 0.0179. The third-order valence-electron chi connectivity index (χ3n) is 13.0. The zero-order valence-electron chi connectivity index (χ0n) is 41.1. The summed E-state index contributed by atoms with van der Waals surface area (Å²) in [7, 11) is 0. The van der Waals surface area contributed by atoms with E-state index in [0.29, 0.717) is 64.4 Å². The summed E-state index contributed by atoms with van der Waals surface area (Å²) < 4.78 is 0. The van der Waals surface area contributed by atoms with E-state index in [4.69, 9.17) is 5.11 Å². The second-order valence-corrected chi connectivity index (χ2v) is 18.7. The number of rotatable bonds is 27. The van der Waals surface area contributed by atoms with E-state index in [1.165, 1.54) is 0 Å². The Hall–Kier alpha value is -6.76. The fourth-order valence-electron chi connectivity index (χ4n) is 8.92. The standard InChI is InChI=1S/C49H71N9O15/c59-32-38(52-49(73)54-39(48(71)72)14-15-42(61)62)7-3-4-16-50-47(70)40(26-34-10-11-35-5-1-2-6-37(35)25-34)53-46(69)36-12-8-33(9-13-36)27-51-41(60)28-55-17-19-56(29-43(63)64)21-23-58(31-45(67)68)24-22-57(20-18-55)30-44(65)66/h1-2,5-6,10-11,25,32-33,36,38-40H,3-4,7-9,12-24,26-31H2,(H,50,70)(H,51,60)(H,53,69)(H,61,62)(H,63,64)(H,65,66)(H,67,68)(H,71,72)(H2,52,54,73)/t33?,36?,38-,39-,40-/m0/s1. The lowest BCUT2D eigenvalue weighted by atomic mass is 9.81. The number of carbonyl (C=O) groups excluding carboxylic acids is 5. The largest absolute Gasteiger partial charge is 0.481 e. The number of aliphatic carboxylic acids is 5. The van der Waals surface area contributed by atoms with Crippen molar-refractivity contribution >= 4 is 70.7 Å². The highest BCUT2D eigenvalue weighted by atomic mass is 16.4. The number of nitrogens with zero attached hydrogens (tertiary/aromatic N) is 4. The Morgan fingerprint density at radius 3 is 1.66 bits per heavy atom. The highest BCUT2D eigenvalue weighted by molar-refractivity contribution is 5.89. The van der Waals surface area contributed by atoms with Crippen molar-refractivity contribution < 1.29 is 73.5 Å². The van der Waals surface area contributed by atoms with Crippen molar-refractivity contribution in [2.75, 3.05) is 91.6 Å². The Labute approximate surface area is 423 Å². The number of carboxylic acid groups (broad SMARTS) is 5. The van der Waals surface area contributed by atoms with E-state index in [-0.39, 0.29) is 115 Å². The van der Waals surface area contributed by atoms with Crippen LogP contribution in [0.15, 0.2) is 42.5 Å². The Kier molecular flexibility index (Phi) is 24.9. The van der Waals surface area contributed by atoms with Gasteiger partial charge in [0.1, 0.15) is 18.4 Å². The summed E-state index contributed by atoms with van der Waals surface area (Å²) in [5.74, 6) is -7.03. The number of hydrogen-bond donors (Lipinski definition) is 10. The predicted octanol–water partition coefficient (Wildman–Crippen LogP) is -0.264. The molecule has 10 N–H and O–H groups in total. The van der Waals surface area contributed by atoms with Crippen molar-refractivity contribution in [1.82, 2.24) is 46.2 Å². The van der Waals surface area contributed by atoms with Crippen molar-refractivity contribution in [3.05, 3.63) is 48.0 Å². The normalized spacial score (nSPS) is 18.8. The van der Waals surface area contributed by atoms with E-state index in [1.807, 2.05) is 47.4 Å². The summed E-state index contributed by atoms with van der Waals surface area (Å²) in [6.07, 6.45) is 3.15. The number of urea groups is 1. The molecule has 24 heteroatoms. The molecule has 1 saturated heterocycles. The van der Waals surface area contributed by atoms with E-state index in [9.17, 15) is 68.4 Å². The molecule has 5 amide bonds. The quantitative estimate of drug-likeness (QED) is 0.0407. The zero-order chi connectivity index (χ0) is 53.3. The average molecular weight is 1030 g/mol. The molecule has 2 fully saturated rings. The van der Waals surface area contributed by atoms with Gasteiger partial charge in [-0.2, -0.15) is 0 Å². The molecule has 2 aliphatic rings. The van der Waals surface area contributed by atoms with Crippen LogP contribution in [0, 0.1) is 11.8 Å². The third kappa shape index (κ3) is 22.7. The molecular formula is C49H71N9O15. The molecule has 4 rings (SSSR count). The van der Waals surface area contributed by atoms with E-state index in [2.05, 4.69) is 26.6 Å². The van der Waals surface area contributed by atoms with Crippen LogP contribution in [0.2, 0.25) is 0 Å². The number of aldehydes is 1. The van der Waals surface area contributed by atoms with Gasteiger partial charge in [0.15, 0.2) is 0 Å². The predicted molar refractivity (Wildman–Crippen MR) is 263 cm³/mol. The van der Waals surface area contributed by atoms with Gasteiger partial charge < -0.3 is 56.9 Å². The van der Waals surface area contributed by atoms with Gasteiger partial charge in [0.05, 0.1) is 32.2 Å². The molecule has 0 spiro atoms. The van der Waals surface area contributed by atoms with Crippen molar-refractivity contribution in [2.45, 2.75) is 82.3 Å². The van der Waals surface area contributed by atoms with Crippen molar-refractivity contribution in [3.63, 3.8) is 0 Å². The van der Waals surface area contributed by atoms with Crippen LogP contribution in [0.1, 0.15) is 63.4 Å². The molecule has 24 nitrogen and oxygen atoms in total. The number of carboxylic acids is 5. The van der Waals surface area contributed by atoms with Crippen LogP contribution in [0.5, 0.6) is 0 Å². The molecule has 1 saturated carbocycles. The lowest BCUT2D eigenvalue weighted by Crippen LogP contribution is -2.50. The van der Waals surface area contributed by atoms with Crippen LogP contribution < -0.4 is 26.6 Å². The molecular weight excluding hydrogens is 955 g/mol. The van der Waals surface area contributed by atoms with Gasteiger partial charge in [-0.05, 0) is 73.6 Å². The molecule has 73 heavy (non-hydrogen) atoms. The second-order valence-electron chi connectivity index (χ2n) is 18.7. The molecule has 0 bridgehead atoms. The summed E-state index contributed by atoms with van der Waals surface area (Å²) in [6.45, 7) is 1.91. The van der Waals surface area contributed by atoms with Crippen LogP contribution in [-0.2, 0) is 49.6 Å². The van der Waals surface area contributed by atoms with Crippen LogP contribution in [-0.4, -0.2) is 215 Å². The number of fused-ring (bicyclic) bond motifs is 1. The third-order valence-corrected chi connectivity index (χ3v) is 13.0. The highest BCUT2D eigenvalue weighted by Gasteiger charge is 2.31. The Bertz CT molecular complexity index is 2180. The summed E-state index contributed by atoms with van der Waals surface area (Å²) in [6, 6.07) is 9.28. The lowest BCUT2D eigenvalue weighted by Gasteiger charge is -2.33. The monoisotopic (exact) mass is 1030 g/mol. The maximum Gasteiger partial charge on any atom is 0.326 e. The van der Waals surface area contributed by atoms with Gasteiger partial charge in [-0.1, -0.05) is 42.5 Å². The molecule has 3 atom stereocenters. The highest BCUT2D eigenvalue weighted by Crippen LogP contribution is 2.29. The van der Waals surface area contributed by atoms with Gasteiger partial charge in [-0.25, -0.2) is 9.59 Å². The lowest BCUT2D eigenvalue weighted by molar-refractivity contribution is -0.141. The minimum Gasteiger partial charge on any atom is -0.481 e. The van der Waals surface area contributed by atoms with E-state index >= 15 is 0 Å². The SMILES string of the molecule is O=C[C@H](CCCCNC(=O)[C@H](Cc1ccc2ccccc2c1)NC(=O)C1CCC(CNC(=O)CN2CCN(CC(=O)O)CCN(CC(=O)O)CCN(CC(=O)O)CC2)CC1)NC(=O)N[C@@H](CCC(=O)O)C(=O)O. The summed E-state index contributed by atoms with van der Waals surface area (Å²) in [4.78, 5) is 129. The molecule has 1 heterocycles. The summed E-state index contributed by atoms with van der Waals surface area (Å²) in [5.41, 5.74) is 0.831.